The first-order valence-corrected chi connectivity index (χ1v) is 21.9. The molecule has 47 heavy (non-hydrogen) atoms. The van der Waals surface area contributed by atoms with Crippen LogP contribution >= 0.6 is 0 Å². The highest BCUT2D eigenvalue weighted by Crippen LogP contribution is 2.44. The first kappa shape index (κ1) is 38.5. The quantitative estimate of drug-likeness (QED) is 0.111. The lowest BCUT2D eigenvalue weighted by molar-refractivity contribution is -0.385. The SMILES string of the molecule is CC(C)(C)OC(=O)C(O[Si](C)(C)C(C)(C)C)[C@H]1O[C@@H](n2ccc(NCc3ccccc3[N+](=O)[O-])nc2=O)C[C@@H]1O[Si](C)(C)C(C)(C)C. The van der Waals surface area contributed by atoms with E-state index in [1.807, 2.05) is 20.8 Å². The molecule has 4 atom stereocenters. The Kier molecular flexibility index (Phi) is 11.4. The lowest BCUT2D eigenvalue weighted by atomic mass is 10.1. The monoisotopic (exact) mass is 690 g/mol. The Bertz CT molecular complexity index is 1490. The Morgan fingerprint density at radius 3 is 2.17 bits per heavy atom. The number of rotatable bonds is 11. The summed E-state index contributed by atoms with van der Waals surface area (Å²) in [4.78, 5) is 42.4. The third-order valence-electron chi connectivity index (χ3n) is 9.32. The van der Waals surface area contributed by atoms with Gasteiger partial charge in [-0.05, 0) is 63.1 Å². The molecule has 0 radical (unpaired) electrons. The first-order valence-electron chi connectivity index (χ1n) is 16.1. The molecule has 1 unspecified atom stereocenters. The number of aromatic nitrogens is 2. The maximum atomic E-state index is 13.9. The standard InChI is InChI=1S/C33H54N4O8Si2/c1-31(2,3)43-29(38)28(45-47(12,13)33(7,8)9)27-24(44-46(10,11)32(4,5)6)20-26(42-27)36-19-18-25(35-30(36)39)34-21-22-16-14-15-17-23(22)37(40)41/h14-19,24,26-28H,20-21H2,1-13H3,(H,34,35,39)/t24-,26+,27-,28?/m0/s1. The van der Waals surface area contributed by atoms with E-state index in [1.54, 1.807) is 30.5 Å². The van der Waals surface area contributed by atoms with Crippen LogP contribution in [0, 0.1) is 10.1 Å². The van der Waals surface area contributed by atoms with Crippen molar-refractivity contribution in [2.45, 2.75) is 142 Å². The minimum Gasteiger partial charge on any atom is -0.458 e. The van der Waals surface area contributed by atoms with Crippen LogP contribution in [-0.4, -0.2) is 61.0 Å². The first-order chi connectivity index (χ1) is 21.3. The molecule has 1 fully saturated rings. The lowest BCUT2D eigenvalue weighted by Crippen LogP contribution is -2.55. The number of carbonyl (C=O) groups is 1. The molecule has 1 saturated heterocycles. The summed E-state index contributed by atoms with van der Waals surface area (Å²) in [7, 11) is -4.90. The van der Waals surface area contributed by atoms with Gasteiger partial charge in [0.25, 0.3) is 5.69 Å². The average molecular weight is 691 g/mol. The molecule has 2 heterocycles. The van der Waals surface area contributed by atoms with Crippen molar-refractivity contribution in [2.24, 2.45) is 0 Å². The van der Waals surface area contributed by atoms with Crippen molar-refractivity contribution in [1.82, 2.24) is 9.55 Å². The third kappa shape index (κ3) is 9.59. The summed E-state index contributed by atoms with van der Waals surface area (Å²) in [5.41, 5.74) is -0.894. The van der Waals surface area contributed by atoms with Gasteiger partial charge in [-0.15, -0.1) is 0 Å². The van der Waals surface area contributed by atoms with Crippen LogP contribution in [0.1, 0.15) is 80.5 Å². The van der Waals surface area contributed by atoms with Crippen molar-refractivity contribution >= 4 is 34.1 Å². The second kappa shape index (κ2) is 13.9. The number of carbonyl (C=O) groups excluding carboxylic acids is 1. The Morgan fingerprint density at radius 1 is 1.04 bits per heavy atom. The second-order valence-corrected chi connectivity index (χ2v) is 25.8. The van der Waals surface area contributed by atoms with Crippen LogP contribution in [0.15, 0.2) is 41.3 Å². The van der Waals surface area contributed by atoms with E-state index >= 15 is 0 Å². The minimum atomic E-state index is -2.52. The summed E-state index contributed by atoms with van der Waals surface area (Å²) in [6.45, 7) is 26.7. The van der Waals surface area contributed by atoms with Crippen molar-refractivity contribution in [2.75, 3.05) is 5.32 Å². The van der Waals surface area contributed by atoms with Gasteiger partial charge in [-0.1, -0.05) is 59.7 Å². The molecular formula is C33H54N4O8Si2. The zero-order chi connectivity index (χ0) is 35.8. The van der Waals surface area contributed by atoms with Gasteiger partial charge in [0.15, 0.2) is 22.7 Å². The number of benzene rings is 1. The Labute approximate surface area is 281 Å². The fourth-order valence-electron chi connectivity index (χ4n) is 4.63. The molecule has 0 amide bonds. The summed E-state index contributed by atoms with van der Waals surface area (Å²) < 4.78 is 27.5. The largest absolute Gasteiger partial charge is 0.458 e. The smallest absolute Gasteiger partial charge is 0.351 e. The number of nitrogens with zero attached hydrogens (tertiary/aromatic N) is 3. The highest BCUT2D eigenvalue weighted by molar-refractivity contribution is 6.74. The molecule has 1 aliphatic rings. The molecule has 2 aromatic rings. The molecule has 262 valence electrons. The number of nitro groups is 1. The van der Waals surface area contributed by atoms with Crippen molar-refractivity contribution < 1.29 is 28.0 Å². The highest BCUT2D eigenvalue weighted by Gasteiger charge is 2.53. The molecule has 14 heteroatoms. The molecule has 1 aromatic carbocycles. The van der Waals surface area contributed by atoms with Crippen LogP contribution in [0.3, 0.4) is 0 Å². The lowest BCUT2D eigenvalue weighted by Gasteiger charge is -2.43. The summed E-state index contributed by atoms with van der Waals surface area (Å²) in [6, 6.07) is 8.01. The Hall–Kier alpha value is -2.92. The van der Waals surface area contributed by atoms with Crippen LogP contribution in [-0.2, 0) is 29.7 Å². The summed E-state index contributed by atoms with van der Waals surface area (Å²) in [5, 5.41) is 14.1. The fourth-order valence-corrected chi connectivity index (χ4v) is 7.19. The van der Waals surface area contributed by atoms with Crippen LogP contribution < -0.4 is 11.0 Å². The van der Waals surface area contributed by atoms with Crippen molar-refractivity contribution in [3.63, 3.8) is 0 Å². The molecule has 0 spiro atoms. The molecule has 12 nitrogen and oxygen atoms in total. The van der Waals surface area contributed by atoms with Gasteiger partial charge in [0.1, 0.15) is 23.8 Å². The van der Waals surface area contributed by atoms with E-state index in [2.05, 4.69) is 78.0 Å². The molecule has 0 aliphatic carbocycles. The average Bonchev–Trinajstić information content (AvgIpc) is 3.30. The molecule has 1 N–H and O–H groups in total. The molecule has 0 bridgehead atoms. The van der Waals surface area contributed by atoms with Gasteiger partial charge in [-0.25, -0.2) is 9.59 Å². The number of hydrogen-bond donors (Lipinski definition) is 1. The summed E-state index contributed by atoms with van der Waals surface area (Å²) in [6.07, 6.45) is -1.41. The van der Waals surface area contributed by atoms with Crippen molar-refractivity contribution in [3.8, 4) is 0 Å². The van der Waals surface area contributed by atoms with Gasteiger partial charge in [0, 0.05) is 30.8 Å². The van der Waals surface area contributed by atoms with Crippen LogP contribution in [0.2, 0.25) is 36.3 Å². The van der Waals surface area contributed by atoms with E-state index < -0.39 is 63.4 Å². The second-order valence-electron chi connectivity index (χ2n) is 16.3. The van der Waals surface area contributed by atoms with E-state index in [0.29, 0.717) is 12.0 Å². The van der Waals surface area contributed by atoms with Gasteiger partial charge >= 0.3 is 11.7 Å². The zero-order valence-electron chi connectivity index (χ0n) is 30.3. The molecule has 1 aliphatic heterocycles. The zero-order valence-corrected chi connectivity index (χ0v) is 32.3. The fraction of sp³-hybridized carbons (Fsp3) is 0.667. The Balaban J connectivity index is 1.99. The number of hydrogen-bond acceptors (Lipinski definition) is 10. The van der Waals surface area contributed by atoms with E-state index in [4.69, 9.17) is 18.3 Å². The molecule has 0 saturated carbocycles. The molecule has 3 rings (SSSR count). The third-order valence-corrected chi connectivity index (χ3v) is 18.3. The maximum absolute atomic E-state index is 13.9. The highest BCUT2D eigenvalue weighted by atomic mass is 28.4. The van der Waals surface area contributed by atoms with Gasteiger partial charge in [-0.2, -0.15) is 4.98 Å². The predicted octanol–water partition coefficient (Wildman–Crippen LogP) is 7.17. The number of para-hydroxylation sites is 1. The maximum Gasteiger partial charge on any atom is 0.351 e. The summed E-state index contributed by atoms with van der Waals surface area (Å²) >= 11 is 0. The van der Waals surface area contributed by atoms with Crippen LogP contribution in [0.25, 0.3) is 0 Å². The van der Waals surface area contributed by atoms with E-state index in [0.717, 1.165) is 0 Å². The number of esters is 1. The molecule has 1 aromatic heterocycles. The van der Waals surface area contributed by atoms with Crippen LogP contribution in [0.4, 0.5) is 11.5 Å². The van der Waals surface area contributed by atoms with Crippen LogP contribution in [0.5, 0.6) is 0 Å². The minimum absolute atomic E-state index is 0.0222. The van der Waals surface area contributed by atoms with Gasteiger partial charge in [0.05, 0.1) is 11.0 Å². The topological polar surface area (TPSA) is 144 Å². The van der Waals surface area contributed by atoms with Crippen molar-refractivity contribution in [3.05, 3.63) is 62.7 Å². The predicted molar refractivity (Wildman–Crippen MR) is 187 cm³/mol. The summed E-state index contributed by atoms with van der Waals surface area (Å²) in [5.74, 6) is -0.266. The normalized spacial score (nSPS) is 20.1. The Morgan fingerprint density at radius 2 is 1.64 bits per heavy atom. The van der Waals surface area contributed by atoms with Gasteiger partial charge in [-0.3, -0.25) is 14.7 Å². The van der Waals surface area contributed by atoms with Gasteiger partial charge < -0.3 is 23.6 Å². The van der Waals surface area contributed by atoms with E-state index in [-0.39, 0.29) is 28.1 Å². The van der Waals surface area contributed by atoms with Crippen molar-refractivity contribution in [1.29, 1.82) is 0 Å². The van der Waals surface area contributed by atoms with E-state index in [1.165, 1.54) is 10.6 Å². The number of nitrogens with one attached hydrogen (secondary N) is 1. The van der Waals surface area contributed by atoms with E-state index in [9.17, 15) is 19.7 Å². The molecular weight excluding hydrogens is 637 g/mol. The number of anilines is 1. The van der Waals surface area contributed by atoms with Gasteiger partial charge in [0.2, 0.25) is 0 Å². The number of nitro benzene ring substituents is 1. The number of ether oxygens (including phenoxy) is 2.